The topological polar surface area (TPSA) is 105 Å². The van der Waals surface area contributed by atoms with Crippen molar-refractivity contribution < 1.29 is 14.7 Å². The zero-order valence-corrected chi connectivity index (χ0v) is 12.3. The molecule has 4 N–H and O–H groups in total. The van der Waals surface area contributed by atoms with Crippen LogP contribution in [0.25, 0.3) is 0 Å². The number of aromatic nitrogens is 1. The monoisotopic (exact) mass is 297 g/mol. The largest absolute Gasteiger partial charge is 0.477 e. The Hall–Kier alpha value is -1.47. The Kier molecular flexibility index (Phi) is 4.39. The van der Waals surface area contributed by atoms with Gasteiger partial charge in [0, 0.05) is 6.54 Å². The molecule has 0 spiro atoms. The number of hydrogen-bond acceptors (Lipinski definition) is 5. The summed E-state index contributed by atoms with van der Waals surface area (Å²) in [6.45, 7) is 2.28. The first kappa shape index (κ1) is 14.9. The van der Waals surface area contributed by atoms with Crippen molar-refractivity contribution in [2.24, 2.45) is 11.1 Å². The van der Waals surface area contributed by atoms with Crippen LogP contribution in [0.2, 0.25) is 0 Å². The normalized spacial score (nSPS) is 17.1. The molecule has 1 amide bonds. The van der Waals surface area contributed by atoms with Crippen molar-refractivity contribution in [3.63, 3.8) is 0 Å². The van der Waals surface area contributed by atoms with E-state index in [9.17, 15) is 9.59 Å². The van der Waals surface area contributed by atoms with Crippen LogP contribution < -0.4 is 11.1 Å². The Bertz CT molecular complexity index is 521. The van der Waals surface area contributed by atoms with E-state index in [4.69, 9.17) is 10.8 Å². The Morgan fingerprint density at radius 3 is 2.60 bits per heavy atom. The van der Waals surface area contributed by atoms with Gasteiger partial charge in [-0.25, -0.2) is 9.78 Å². The van der Waals surface area contributed by atoms with Gasteiger partial charge in [-0.3, -0.25) is 4.79 Å². The van der Waals surface area contributed by atoms with Crippen LogP contribution in [0.4, 0.5) is 0 Å². The Morgan fingerprint density at radius 1 is 1.45 bits per heavy atom. The molecular formula is C13H19N3O3S. The summed E-state index contributed by atoms with van der Waals surface area (Å²) in [5.41, 5.74) is 5.80. The second-order valence-corrected chi connectivity index (χ2v) is 6.29. The van der Waals surface area contributed by atoms with Crippen molar-refractivity contribution in [1.82, 2.24) is 10.3 Å². The fourth-order valence-electron chi connectivity index (χ4n) is 2.65. The lowest BCUT2D eigenvalue weighted by molar-refractivity contribution is -0.130. The van der Waals surface area contributed by atoms with Crippen molar-refractivity contribution in [3.05, 3.63) is 15.6 Å². The van der Waals surface area contributed by atoms with E-state index in [1.807, 2.05) is 0 Å². The Labute approximate surface area is 121 Å². The minimum atomic E-state index is -0.980. The van der Waals surface area contributed by atoms with Crippen LogP contribution in [0.5, 0.6) is 0 Å². The molecule has 1 aliphatic carbocycles. The predicted octanol–water partition coefficient (Wildman–Crippen LogP) is 1.29. The van der Waals surface area contributed by atoms with Gasteiger partial charge < -0.3 is 16.2 Å². The molecule has 0 aromatic carbocycles. The van der Waals surface area contributed by atoms with Crippen LogP contribution in [0.3, 0.4) is 0 Å². The summed E-state index contributed by atoms with van der Waals surface area (Å²) in [6, 6.07) is 0. The molecule has 20 heavy (non-hydrogen) atoms. The highest BCUT2D eigenvalue weighted by Crippen LogP contribution is 2.37. The summed E-state index contributed by atoms with van der Waals surface area (Å²) < 4.78 is 0. The number of nitrogens with one attached hydrogen (secondary N) is 1. The highest BCUT2D eigenvalue weighted by atomic mass is 32.1. The number of thiazole rings is 1. The molecule has 1 aromatic rings. The van der Waals surface area contributed by atoms with Crippen molar-refractivity contribution in [2.45, 2.75) is 39.2 Å². The van der Waals surface area contributed by atoms with E-state index in [-0.39, 0.29) is 17.3 Å². The van der Waals surface area contributed by atoms with Crippen LogP contribution in [-0.4, -0.2) is 28.5 Å². The van der Waals surface area contributed by atoms with Crippen LogP contribution >= 0.6 is 11.3 Å². The van der Waals surface area contributed by atoms with Gasteiger partial charge in [0.25, 0.3) is 0 Å². The molecule has 6 nitrogen and oxygen atoms in total. The number of aryl methyl sites for hydroxylation is 1. The van der Waals surface area contributed by atoms with Crippen molar-refractivity contribution in [1.29, 1.82) is 0 Å². The fourth-order valence-corrected chi connectivity index (χ4v) is 3.49. The first-order chi connectivity index (χ1) is 9.48. The number of carboxylic acids is 1. The third kappa shape index (κ3) is 2.83. The molecule has 1 saturated carbocycles. The SMILES string of the molecule is Cc1nc(CNC(=O)C2(CN)CCCC2)sc1C(=O)O. The van der Waals surface area contributed by atoms with E-state index >= 15 is 0 Å². The van der Waals surface area contributed by atoms with Crippen molar-refractivity contribution in [2.75, 3.05) is 6.54 Å². The van der Waals surface area contributed by atoms with E-state index in [0.717, 1.165) is 37.0 Å². The van der Waals surface area contributed by atoms with Crippen molar-refractivity contribution >= 4 is 23.2 Å². The third-order valence-electron chi connectivity index (χ3n) is 3.87. The third-order valence-corrected chi connectivity index (χ3v) is 5.01. The van der Waals surface area contributed by atoms with Gasteiger partial charge >= 0.3 is 5.97 Å². The summed E-state index contributed by atoms with van der Waals surface area (Å²) in [7, 11) is 0. The number of amides is 1. The van der Waals surface area contributed by atoms with E-state index < -0.39 is 11.4 Å². The van der Waals surface area contributed by atoms with E-state index in [2.05, 4.69) is 10.3 Å². The lowest BCUT2D eigenvalue weighted by Crippen LogP contribution is -2.43. The molecule has 1 heterocycles. The lowest BCUT2D eigenvalue weighted by atomic mass is 9.85. The molecule has 0 atom stereocenters. The van der Waals surface area contributed by atoms with Crippen LogP contribution in [0.1, 0.15) is 46.1 Å². The standard InChI is InChI=1S/C13H19N3O3S/c1-8-10(11(17)18)20-9(16-8)6-15-12(19)13(7-14)4-2-3-5-13/h2-7,14H2,1H3,(H,15,19)(H,17,18). The number of nitrogens with zero attached hydrogens (tertiary/aromatic N) is 1. The van der Waals surface area contributed by atoms with Gasteiger partial charge in [0.2, 0.25) is 5.91 Å². The zero-order chi connectivity index (χ0) is 14.8. The second-order valence-electron chi connectivity index (χ2n) is 5.20. The molecule has 1 fully saturated rings. The highest BCUT2D eigenvalue weighted by Gasteiger charge is 2.39. The zero-order valence-electron chi connectivity index (χ0n) is 11.4. The number of hydrogen-bond donors (Lipinski definition) is 3. The first-order valence-corrected chi connectivity index (χ1v) is 7.48. The average Bonchev–Trinajstić information content (AvgIpc) is 3.03. The van der Waals surface area contributed by atoms with Gasteiger partial charge in [0.15, 0.2) is 0 Å². The maximum absolute atomic E-state index is 12.3. The lowest BCUT2D eigenvalue weighted by Gasteiger charge is -2.25. The number of nitrogens with two attached hydrogens (primary N) is 1. The second kappa shape index (κ2) is 5.88. The minimum Gasteiger partial charge on any atom is -0.477 e. The van der Waals surface area contributed by atoms with Gasteiger partial charge in [0.1, 0.15) is 9.88 Å². The number of carboxylic acid groups (broad SMARTS) is 1. The molecule has 1 aliphatic rings. The molecule has 7 heteroatoms. The molecule has 2 rings (SSSR count). The minimum absolute atomic E-state index is 0.0396. The predicted molar refractivity (Wildman–Crippen MR) is 75.6 cm³/mol. The van der Waals surface area contributed by atoms with Gasteiger partial charge in [-0.2, -0.15) is 0 Å². The molecule has 110 valence electrons. The average molecular weight is 297 g/mol. The summed E-state index contributed by atoms with van der Waals surface area (Å²) in [4.78, 5) is 27.6. The molecule has 1 aromatic heterocycles. The summed E-state index contributed by atoms with van der Waals surface area (Å²) in [5, 5.41) is 12.4. The van der Waals surface area contributed by atoms with E-state index in [0.29, 0.717) is 17.2 Å². The number of carbonyl (C=O) groups is 2. The molecule has 0 bridgehead atoms. The Balaban J connectivity index is 2.00. The smallest absolute Gasteiger partial charge is 0.347 e. The number of rotatable bonds is 5. The molecule has 0 saturated heterocycles. The highest BCUT2D eigenvalue weighted by molar-refractivity contribution is 7.13. The van der Waals surface area contributed by atoms with E-state index in [1.54, 1.807) is 6.92 Å². The van der Waals surface area contributed by atoms with Gasteiger partial charge in [-0.05, 0) is 19.8 Å². The summed E-state index contributed by atoms with van der Waals surface area (Å²) in [5.74, 6) is -1.02. The van der Waals surface area contributed by atoms with Crippen molar-refractivity contribution in [3.8, 4) is 0 Å². The van der Waals surface area contributed by atoms with E-state index in [1.165, 1.54) is 0 Å². The maximum Gasteiger partial charge on any atom is 0.347 e. The van der Waals surface area contributed by atoms with Gasteiger partial charge in [-0.15, -0.1) is 11.3 Å². The fraction of sp³-hybridized carbons (Fsp3) is 0.615. The molecule has 0 unspecified atom stereocenters. The summed E-state index contributed by atoms with van der Waals surface area (Å²) in [6.07, 6.45) is 3.72. The van der Waals surface area contributed by atoms with Gasteiger partial charge in [-0.1, -0.05) is 12.8 Å². The van der Waals surface area contributed by atoms with Crippen LogP contribution in [0, 0.1) is 12.3 Å². The Morgan fingerprint density at radius 2 is 2.10 bits per heavy atom. The number of aromatic carboxylic acids is 1. The quantitative estimate of drug-likeness (QED) is 0.759. The van der Waals surface area contributed by atoms with Crippen LogP contribution in [0.15, 0.2) is 0 Å². The maximum atomic E-state index is 12.3. The van der Waals surface area contributed by atoms with Crippen LogP contribution in [-0.2, 0) is 11.3 Å². The molecule has 0 aliphatic heterocycles. The number of carbonyl (C=O) groups excluding carboxylic acids is 1. The first-order valence-electron chi connectivity index (χ1n) is 6.66. The van der Waals surface area contributed by atoms with Gasteiger partial charge in [0.05, 0.1) is 17.7 Å². The summed E-state index contributed by atoms with van der Waals surface area (Å²) >= 11 is 1.10. The molecule has 0 radical (unpaired) electrons. The molecular weight excluding hydrogens is 278 g/mol.